The molecule has 1 rings (SSSR count). The lowest BCUT2D eigenvalue weighted by molar-refractivity contribution is -0.141. The summed E-state index contributed by atoms with van der Waals surface area (Å²) in [5.74, 6) is 0.240. The maximum absolute atomic E-state index is 12.0. The second-order valence-corrected chi connectivity index (χ2v) is 8.15. The number of rotatable bonds is 7. The number of thioether (sulfide) groups is 1. The highest BCUT2D eigenvalue weighted by atomic mass is 32.2. The molecule has 0 saturated carbocycles. The SMILES string of the molecule is CCN(CCC(=O)OC)C(=O)CSC1CCS(=O)(=O)C1. The van der Waals surface area contributed by atoms with Gasteiger partial charge in [0.25, 0.3) is 0 Å². The lowest BCUT2D eigenvalue weighted by Gasteiger charge is -2.20. The van der Waals surface area contributed by atoms with Crippen LogP contribution in [0.3, 0.4) is 0 Å². The van der Waals surface area contributed by atoms with E-state index in [-0.39, 0.29) is 40.8 Å². The summed E-state index contributed by atoms with van der Waals surface area (Å²) in [6, 6.07) is 0. The van der Waals surface area contributed by atoms with Gasteiger partial charge in [0.1, 0.15) is 0 Å². The van der Waals surface area contributed by atoms with Crippen molar-refractivity contribution in [3.05, 3.63) is 0 Å². The van der Waals surface area contributed by atoms with E-state index in [1.807, 2.05) is 6.92 Å². The van der Waals surface area contributed by atoms with Crippen LogP contribution in [0.4, 0.5) is 0 Å². The van der Waals surface area contributed by atoms with Crippen molar-refractivity contribution in [2.45, 2.75) is 25.0 Å². The summed E-state index contributed by atoms with van der Waals surface area (Å²) >= 11 is 1.39. The molecule has 1 fully saturated rings. The van der Waals surface area contributed by atoms with Crippen LogP contribution in [0.25, 0.3) is 0 Å². The highest BCUT2D eigenvalue weighted by Crippen LogP contribution is 2.24. The fourth-order valence-corrected chi connectivity index (χ4v) is 5.51. The first-order valence-corrected chi connectivity index (χ1v) is 9.41. The summed E-state index contributed by atoms with van der Waals surface area (Å²) in [4.78, 5) is 24.6. The Morgan fingerprint density at radius 1 is 1.40 bits per heavy atom. The number of nitrogens with zero attached hydrogens (tertiary/aromatic N) is 1. The van der Waals surface area contributed by atoms with Gasteiger partial charge in [0.05, 0.1) is 30.8 Å². The van der Waals surface area contributed by atoms with Gasteiger partial charge in [0.2, 0.25) is 5.91 Å². The van der Waals surface area contributed by atoms with Gasteiger partial charge in [0.15, 0.2) is 9.84 Å². The van der Waals surface area contributed by atoms with Crippen molar-refractivity contribution in [2.75, 3.05) is 37.5 Å². The molecule has 1 aliphatic rings. The van der Waals surface area contributed by atoms with Crippen molar-refractivity contribution in [1.29, 1.82) is 0 Å². The van der Waals surface area contributed by atoms with Gasteiger partial charge in [-0.3, -0.25) is 9.59 Å². The van der Waals surface area contributed by atoms with Crippen LogP contribution < -0.4 is 0 Å². The molecule has 1 atom stereocenters. The minimum absolute atomic E-state index is 0.0169. The van der Waals surface area contributed by atoms with Gasteiger partial charge in [-0.05, 0) is 13.3 Å². The quantitative estimate of drug-likeness (QED) is 0.628. The maximum Gasteiger partial charge on any atom is 0.307 e. The number of methoxy groups -OCH3 is 1. The second kappa shape index (κ2) is 7.87. The highest BCUT2D eigenvalue weighted by Gasteiger charge is 2.29. The first kappa shape index (κ1) is 17.3. The molecule has 0 aliphatic carbocycles. The van der Waals surface area contributed by atoms with E-state index in [0.717, 1.165) is 0 Å². The topological polar surface area (TPSA) is 80.8 Å². The number of carbonyl (C=O) groups is 2. The zero-order valence-corrected chi connectivity index (χ0v) is 13.5. The molecule has 116 valence electrons. The standard InChI is InChI=1S/C12H21NO5S2/c1-3-13(6-4-12(15)18-2)11(14)8-19-10-5-7-20(16,17)9-10/h10H,3-9H2,1-2H3. The second-order valence-electron chi connectivity index (χ2n) is 4.64. The smallest absolute Gasteiger partial charge is 0.307 e. The molecular formula is C12H21NO5S2. The fraction of sp³-hybridized carbons (Fsp3) is 0.833. The predicted octanol–water partition coefficient (Wildman–Crippen LogP) is 0.318. The van der Waals surface area contributed by atoms with Gasteiger partial charge < -0.3 is 9.64 Å². The first-order chi connectivity index (χ1) is 9.38. The van der Waals surface area contributed by atoms with E-state index in [0.29, 0.717) is 19.5 Å². The van der Waals surface area contributed by atoms with Gasteiger partial charge in [-0.2, -0.15) is 0 Å². The molecule has 1 heterocycles. The van der Waals surface area contributed by atoms with Crippen molar-refractivity contribution in [2.24, 2.45) is 0 Å². The van der Waals surface area contributed by atoms with Crippen molar-refractivity contribution in [1.82, 2.24) is 4.90 Å². The molecule has 0 N–H and O–H groups in total. The molecule has 0 spiro atoms. The number of sulfone groups is 1. The number of esters is 1. The third kappa shape index (κ3) is 5.70. The van der Waals surface area contributed by atoms with Crippen LogP contribution in [0.2, 0.25) is 0 Å². The Labute approximate surface area is 124 Å². The van der Waals surface area contributed by atoms with Crippen LogP contribution in [-0.4, -0.2) is 67.9 Å². The van der Waals surface area contributed by atoms with Crippen molar-refractivity contribution in [3.8, 4) is 0 Å². The Morgan fingerprint density at radius 2 is 2.10 bits per heavy atom. The van der Waals surface area contributed by atoms with Crippen LogP contribution in [0.5, 0.6) is 0 Å². The highest BCUT2D eigenvalue weighted by molar-refractivity contribution is 8.02. The summed E-state index contributed by atoms with van der Waals surface area (Å²) < 4.78 is 27.2. The fourth-order valence-electron chi connectivity index (χ4n) is 1.96. The monoisotopic (exact) mass is 323 g/mol. The molecule has 0 bridgehead atoms. The summed E-state index contributed by atoms with van der Waals surface area (Å²) in [5.41, 5.74) is 0. The number of hydrogen-bond acceptors (Lipinski definition) is 6. The largest absolute Gasteiger partial charge is 0.469 e. The molecule has 1 aliphatic heterocycles. The molecule has 0 aromatic heterocycles. The van der Waals surface area contributed by atoms with Crippen LogP contribution in [-0.2, 0) is 24.2 Å². The molecular weight excluding hydrogens is 302 g/mol. The van der Waals surface area contributed by atoms with E-state index >= 15 is 0 Å². The van der Waals surface area contributed by atoms with Gasteiger partial charge in [-0.15, -0.1) is 11.8 Å². The number of ether oxygens (including phenoxy) is 1. The van der Waals surface area contributed by atoms with Crippen molar-refractivity contribution in [3.63, 3.8) is 0 Å². The Hall–Kier alpha value is -0.760. The summed E-state index contributed by atoms with van der Waals surface area (Å²) in [7, 11) is -1.58. The van der Waals surface area contributed by atoms with E-state index in [1.54, 1.807) is 4.90 Å². The van der Waals surface area contributed by atoms with Crippen molar-refractivity contribution < 1.29 is 22.7 Å². The van der Waals surface area contributed by atoms with Crippen LogP contribution in [0.15, 0.2) is 0 Å². The predicted molar refractivity (Wildman–Crippen MR) is 78.4 cm³/mol. The van der Waals surface area contributed by atoms with E-state index in [4.69, 9.17) is 0 Å². The zero-order valence-electron chi connectivity index (χ0n) is 11.8. The van der Waals surface area contributed by atoms with Crippen molar-refractivity contribution >= 4 is 33.5 Å². The van der Waals surface area contributed by atoms with Crippen LogP contribution in [0.1, 0.15) is 19.8 Å². The molecule has 6 nitrogen and oxygen atoms in total. The summed E-state index contributed by atoms with van der Waals surface area (Å²) in [6.07, 6.45) is 0.799. The molecule has 0 aromatic carbocycles. The summed E-state index contributed by atoms with van der Waals surface area (Å²) in [5, 5.41) is 0.0169. The summed E-state index contributed by atoms with van der Waals surface area (Å²) in [6.45, 7) is 2.71. The molecule has 1 amide bonds. The Morgan fingerprint density at radius 3 is 2.60 bits per heavy atom. The number of amides is 1. The maximum atomic E-state index is 12.0. The third-order valence-electron chi connectivity index (χ3n) is 3.18. The Bertz CT molecular complexity index is 449. The molecule has 1 saturated heterocycles. The van der Waals surface area contributed by atoms with Gasteiger partial charge in [-0.1, -0.05) is 0 Å². The average molecular weight is 323 g/mol. The average Bonchev–Trinajstić information content (AvgIpc) is 2.76. The van der Waals surface area contributed by atoms with E-state index < -0.39 is 9.84 Å². The first-order valence-electron chi connectivity index (χ1n) is 6.54. The minimum Gasteiger partial charge on any atom is -0.469 e. The molecule has 0 aromatic rings. The lowest BCUT2D eigenvalue weighted by Crippen LogP contribution is -2.34. The van der Waals surface area contributed by atoms with Gasteiger partial charge in [0, 0.05) is 18.3 Å². The Kier molecular flexibility index (Phi) is 6.81. The molecule has 0 radical (unpaired) electrons. The Balaban J connectivity index is 2.34. The van der Waals surface area contributed by atoms with E-state index in [9.17, 15) is 18.0 Å². The van der Waals surface area contributed by atoms with E-state index in [1.165, 1.54) is 18.9 Å². The molecule has 8 heteroatoms. The normalized spacial score (nSPS) is 20.6. The zero-order chi connectivity index (χ0) is 15.2. The molecule has 20 heavy (non-hydrogen) atoms. The van der Waals surface area contributed by atoms with Gasteiger partial charge >= 0.3 is 5.97 Å². The van der Waals surface area contributed by atoms with Crippen LogP contribution >= 0.6 is 11.8 Å². The van der Waals surface area contributed by atoms with E-state index in [2.05, 4.69) is 4.74 Å². The van der Waals surface area contributed by atoms with Crippen LogP contribution in [0, 0.1) is 0 Å². The third-order valence-corrected chi connectivity index (χ3v) is 6.45. The number of carbonyl (C=O) groups excluding carboxylic acids is 2. The molecule has 1 unspecified atom stereocenters. The van der Waals surface area contributed by atoms with Gasteiger partial charge in [-0.25, -0.2) is 8.42 Å². The lowest BCUT2D eigenvalue weighted by atomic mass is 10.3. The minimum atomic E-state index is -2.90. The number of hydrogen-bond donors (Lipinski definition) is 0.